The summed E-state index contributed by atoms with van der Waals surface area (Å²) in [6.07, 6.45) is 0. The highest BCUT2D eigenvalue weighted by Gasteiger charge is 2.24. The highest BCUT2D eigenvalue weighted by molar-refractivity contribution is 7.91. The molecule has 31 heteroatoms. The zero-order chi connectivity index (χ0) is 44.7. The van der Waals surface area contributed by atoms with E-state index in [0.29, 0.717) is 4.52 Å². The van der Waals surface area contributed by atoms with Gasteiger partial charge in [0.15, 0.2) is 27.0 Å². The summed E-state index contributed by atoms with van der Waals surface area (Å²) in [5.74, 6) is -1.46. The van der Waals surface area contributed by atoms with E-state index in [9.17, 15) is 47.8 Å². The molecule has 7 N–H and O–H groups in total. The van der Waals surface area contributed by atoms with Gasteiger partial charge in [-0.15, -0.1) is 15.3 Å². The molecule has 0 amide bonds. The van der Waals surface area contributed by atoms with Crippen LogP contribution in [0.3, 0.4) is 0 Å². The van der Waals surface area contributed by atoms with E-state index < -0.39 is 90.9 Å². The van der Waals surface area contributed by atoms with Crippen LogP contribution >= 0.6 is 11.6 Å². The second kappa shape index (κ2) is 16.6. The van der Waals surface area contributed by atoms with Gasteiger partial charge in [-0.1, -0.05) is 0 Å². The average molecular weight is 941 g/mol. The molecule has 320 valence electrons. The van der Waals surface area contributed by atoms with Gasteiger partial charge in [0.1, 0.15) is 10.6 Å². The Morgan fingerprint density at radius 1 is 0.770 bits per heavy atom. The Hall–Kier alpha value is -6.38. The lowest BCUT2D eigenvalue weighted by Crippen LogP contribution is -2.16. The molecule has 0 atom stereocenters. The predicted molar refractivity (Wildman–Crippen MR) is 210 cm³/mol. The number of azo groups is 2. The lowest BCUT2D eigenvalue weighted by molar-refractivity contribution is 0.284. The van der Waals surface area contributed by atoms with Gasteiger partial charge in [0.05, 0.1) is 39.2 Å². The largest absolute Gasteiger partial charge is 0.397 e. The van der Waals surface area contributed by atoms with E-state index in [1.807, 2.05) is 0 Å². The van der Waals surface area contributed by atoms with Crippen molar-refractivity contribution >= 4 is 98.0 Å². The summed E-state index contributed by atoms with van der Waals surface area (Å²) >= 11 is 6.12. The number of nitrogens with zero attached hydrogens (tertiary/aromatic N) is 9. The van der Waals surface area contributed by atoms with Crippen LogP contribution in [0.1, 0.15) is 5.69 Å². The molecule has 0 bridgehead atoms. The van der Waals surface area contributed by atoms with Crippen LogP contribution in [0.2, 0.25) is 5.28 Å². The fraction of sp³-hybridized carbons (Fsp3) is 0.100. The monoisotopic (exact) mass is 940 g/mol. The van der Waals surface area contributed by atoms with Crippen molar-refractivity contribution in [3.05, 3.63) is 104 Å². The molecule has 3 aromatic carbocycles. The molecule has 0 spiro atoms. The van der Waals surface area contributed by atoms with Gasteiger partial charge in [-0.05, 0) is 85.3 Å². The third-order valence-electron chi connectivity index (χ3n) is 7.92. The van der Waals surface area contributed by atoms with Crippen LogP contribution in [0.4, 0.5) is 45.9 Å². The Balaban J connectivity index is 1.28. The maximum absolute atomic E-state index is 13.4. The molecular formula is C30H25ClN12O14S4. The van der Waals surface area contributed by atoms with E-state index in [0.717, 1.165) is 34.8 Å². The third-order valence-corrected chi connectivity index (χ3v) is 12.0. The van der Waals surface area contributed by atoms with Crippen LogP contribution < -0.4 is 27.8 Å². The molecule has 6 aromatic rings. The minimum absolute atomic E-state index is 0.0542. The Labute approximate surface area is 346 Å². The number of hydrogen-bond donors (Lipinski definition) is 6. The van der Waals surface area contributed by atoms with Crippen LogP contribution in [-0.4, -0.2) is 83.7 Å². The predicted octanol–water partition coefficient (Wildman–Crippen LogP) is 2.75. The van der Waals surface area contributed by atoms with E-state index >= 15 is 0 Å². The zero-order valence-electron chi connectivity index (χ0n) is 30.2. The van der Waals surface area contributed by atoms with E-state index in [1.54, 1.807) is 0 Å². The summed E-state index contributed by atoms with van der Waals surface area (Å²) in [6.45, 7) is 0.509. The van der Waals surface area contributed by atoms with Crippen molar-refractivity contribution in [2.45, 2.75) is 21.6 Å². The maximum Gasteiger partial charge on any atom is 0.397 e. The smallest absolute Gasteiger partial charge is 0.382 e. The molecule has 0 saturated carbocycles. The average Bonchev–Trinajstić information content (AvgIpc) is 3.56. The molecule has 0 unspecified atom stereocenters. The first-order chi connectivity index (χ1) is 28.4. The van der Waals surface area contributed by atoms with E-state index in [2.05, 4.69) is 49.9 Å². The number of rotatable bonds is 14. The van der Waals surface area contributed by atoms with Crippen LogP contribution in [-0.2, 0) is 44.7 Å². The number of halogens is 1. The summed E-state index contributed by atoms with van der Waals surface area (Å²) in [5.41, 5.74) is 2.69. The van der Waals surface area contributed by atoms with E-state index in [4.69, 9.17) is 26.4 Å². The number of nitrogen functional groups attached to an aromatic ring is 1. The fourth-order valence-electron chi connectivity index (χ4n) is 5.18. The number of nitrogens with one attached hydrogen (secondary N) is 2. The standard InChI is InChI=1S/C30H25ClN12O14S4/c1-15-23(40-38-17-4-9-20(10-5-17)59(48,49)50)26(44)43-25(32)24(27(45)42(15)43)41-39-21-14-18(6-11-22(21)60(51,52)53)34-30-36-28(31)35-29(37-30)33-16-2-7-19(8-3-16)58(46,47)13-12-57-61(54,55)56/h2-11,14H,12-13,32H2,1H3,(H,48,49,50)(H,51,52,53)(H,54,55,56)(H2,33,34,35,36,37). The molecule has 6 rings (SSSR count). The topological polar surface area (TPSA) is 391 Å². The number of anilines is 3. The van der Waals surface area contributed by atoms with E-state index in [-0.39, 0.29) is 50.2 Å². The number of aromatic nitrogens is 5. The first-order valence-electron chi connectivity index (χ1n) is 16.2. The fourth-order valence-corrected chi connectivity index (χ4v) is 7.92. The van der Waals surface area contributed by atoms with Gasteiger partial charge in [-0.2, -0.15) is 44.9 Å². The molecule has 0 radical (unpaired) electrons. The highest BCUT2D eigenvalue weighted by Crippen LogP contribution is 2.32. The SMILES string of the molecule is Cc1c(N=Nc2ccc(S(=O)(=O)O)cc2)c(=O)n2c(N)c(N=Nc3cc(N=c4nc(Nc5ccc(S(=O)(=O)CCOS(=O)(=O)O)cc5)nc(Cl)[nH]4)ccc3S(=O)(=O)O)c(=O)n12. The maximum atomic E-state index is 13.4. The number of benzene rings is 3. The van der Waals surface area contributed by atoms with Crippen molar-refractivity contribution in [2.75, 3.05) is 23.4 Å². The van der Waals surface area contributed by atoms with Gasteiger partial charge in [0.25, 0.3) is 20.2 Å². The van der Waals surface area contributed by atoms with Gasteiger partial charge >= 0.3 is 21.5 Å². The van der Waals surface area contributed by atoms with Crippen molar-refractivity contribution < 1.29 is 51.5 Å². The number of nitrogens with two attached hydrogens (primary N) is 1. The van der Waals surface area contributed by atoms with Crippen LogP contribution in [0.5, 0.6) is 0 Å². The molecule has 0 aliphatic heterocycles. The minimum atomic E-state index is -4.96. The molecule has 0 fully saturated rings. The van der Waals surface area contributed by atoms with Crippen molar-refractivity contribution in [1.82, 2.24) is 24.0 Å². The lowest BCUT2D eigenvalue weighted by atomic mass is 10.3. The van der Waals surface area contributed by atoms with Crippen molar-refractivity contribution in [2.24, 2.45) is 25.4 Å². The molecule has 26 nitrogen and oxygen atoms in total. The summed E-state index contributed by atoms with van der Waals surface area (Å²) < 4.78 is 127. The minimum Gasteiger partial charge on any atom is -0.382 e. The molecule has 0 aliphatic rings. The Morgan fingerprint density at radius 3 is 1.98 bits per heavy atom. The number of sulfone groups is 1. The highest BCUT2D eigenvalue weighted by atomic mass is 35.5. The van der Waals surface area contributed by atoms with Gasteiger partial charge in [0.2, 0.25) is 16.9 Å². The second-order valence-corrected chi connectivity index (χ2v) is 18.4. The number of aromatic amines is 1. The number of hydrogen-bond acceptors (Lipinski definition) is 20. The van der Waals surface area contributed by atoms with E-state index in [1.165, 1.54) is 43.3 Å². The first-order valence-corrected chi connectivity index (χ1v) is 22.5. The molecule has 0 aliphatic carbocycles. The van der Waals surface area contributed by atoms with Crippen LogP contribution in [0.25, 0.3) is 0 Å². The molecule has 3 heterocycles. The van der Waals surface area contributed by atoms with Crippen molar-refractivity contribution in [1.29, 1.82) is 0 Å². The Morgan fingerprint density at radius 2 is 1.38 bits per heavy atom. The normalized spacial score (nSPS) is 13.2. The lowest BCUT2D eigenvalue weighted by Gasteiger charge is -2.07. The summed E-state index contributed by atoms with van der Waals surface area (Å²) in [7, 11) is -18.3. The van der Waals surface area contributed by atoms with Gasteiger partial charge in [0, 0.05) is 5.69 Å². The third kappa shape index (κ3) is 10.2. The summed E-state index contributed by atoms with van der Waals surface area (Å²) in [6, 6.07) is 12.6. The van der Waals surface area contributed by atoms with Crippen LogP contribution in [0.15, 0.2) is 116 Å². The number of fused-ring (bicyclic) bond motifs is 1. The molecule has 3 aromatic heterocycles. The zero-order valence-corrected chi connectivity index (χ0v) is 34.2. The first kappa shape index (κ1) is 44.2. The molecular weight excluding hydrogens is 916 g/mol. The summed E-state index contributed by atoms with van der Waals surface area (Å²) in [5, 5.41) is 17.8. The van der Waals surface area contributed by atoms with Crippen molar-refractivity contribution in [3.63, 3.8) is 0 Å². The quantitative estimate of drug-likeness (QED) is 0.0675. The second-order valence-electron chi connectivity index (χ2n) is 12.0. The van der Waals surface area contributed by atoms with Gasteiger partial charge in [-0.25, -0.2) is 22.1 Å². The van der Waals surface area contributed by atoms with Gasteiger partial charge in [-0.3, -0.25) is 28.2 Å². The van der Waals surface area contributed by atoms with Crippen molar-refractivity contribution in [3.8, 4) is 0 Å². The van der Waals surface area contributed by atoms with Crippen LogP contribution in [0, 0.1) is 6.92 Å². The number of aryl methyl sites for hydroxylation is 1. The molecule has 0 saturated heterocycles. The Kier molecular flexibility index (Phi) is 12.0. The van der Waals surface area contributed by atoms with Gasteiger partial charge < -0.3 is 11.1 Å². The number of H-pyrrole nitrogens is 1. The summed E-state index contributed by atoms with van der Waals surface area (Å²) in [4.78, 5) is 40.2. The Bertz CT molecular complexity index is 3430. The molecule has 61 heavy (non-hydrogen) atoms.